The van der Waals surface area contributed by atoms with Crippen LogP contribution in [0.2, 0.25) is 5.02 Å². The number of hydrogen-bond acceptors (Lipinski definition) is 3. The lowest BCUT2D eigenvalue weighted by molar-refractivity contribution is -0.123. The van der Waals surface area contributed by atoms with Crippen molar-refractivity contribution in [3.8, 4) is 0 Å². The van der Waals surface area contributed by atoms with Crippen LogP contribution in [0.4, 0.5) is 11.4 Å². The van der Waals surface area contributed by atoms with Crippen LogP contribution in [0.15, 0.2) is 12.1 Å². The lowest BCUT2D eigenvalue weighted by atomic mass is 9.65. The highest BCUT2D eigenvalue weighted by Gasteiger charge is 2.51. The molecule has 2 N–H and O–H groups in total. The summed E-state index contributed by atoms with van der Waals surface area (Å²) < 4.78 is 28.0. The maximum absolute atomic E-state index is 12.6. The van der Waals surface area contributed by atoms with Gasteiger partial charge in [-0.2, -0.15) is 0 Å². The van der Waals surface area contributed by atoms with E-state index in [1.54, 1.807) is 12.1 Å². The van der Waals surface area contributed by atoms with Crippen molar-refractivity contribution in [3.05, 3.63) is 22.7 Å². The standard InChI is InChI=1S/C17H21ClN2O3S/c18-14-10-11(20-24(22,23)12-5-2-1-3-6-12)9-13-15(14)19-16(21)17(13)7-4-8-17/h9-10,12,20H,1-8H2,(H,19,21). The van der Waals surface area contributed by atoms with E-state index in [9.17, 15) is 13.2 Å². The third kappa shape index (κ3) is 2.42. The molecule has 0 atom stereocenters. The lowest BCUT2D eigenvalue weighted by Crippen LogP contribution is -2.40. The fourth-order valence-corrected chi connectivity index (χ4v) is 6.01. The van der Waals surface area contributed by atoms with Crippen molar-refractivity contribution in [2.75, 3.05) is 10.0 Å². The van der Waals surface area contributed by atoms with Crippen molar-refractivity contribution in [3.63, 3.8) is 0 Å². The maximum atomic E-state index is 12.6. The smallest absolute Gasteiger partial charge is 0.235 e. The minimum Gasteiger partial charge on any atom is -0.324 e. The molecule has 2 fully saturated rings. The Morgan fingerprint density at radius 1 is 1.12 bits per heavy atom. The Morgan fingerprint density at radius 2 is 1.83 bits per heavy atom. The number of benzene rings is 1. The second-order valence-electron chi connectivity index (χ2n) is 7.18. The topological polar surface area (TPSA) is 75.3 Å². The molecule has 0 unspecified atom stereocenters. The second-order valence-corrected chi connectivity index (χ2v) is 9.55. The molecule has 0 radical (unpaired) electrons. The van der Waals surface area contributed by atoms with E-state index in [2.05, 4.69) is 10.0 Å². The molecule has 1 aromatic rings. The highest BCUT2D eigenvalue weighted by Crippen LogP contribution is 2.53. The summed E-state index contributed by atoms with van der Waals surface area (Å²) in [5.74, 6) is -0.0158. The fraction of sp³-hybridized carbons (Fsp3) is 0.588. The van der Waals surface area contributed by atoms with E-state index < -0.39 is 15.4 Å². The van der Waals surface area contributed by atoms with Gasteiger partial charge in [-0.3, -0.25) is 9.52 Å². The number of nitrogens with one attached hydrogen (secondary N) is 2. The molecule has 5 nitrogen and oxygen atoms in total. The Morgan fingerprint density at radius 3 is 2.46 bits per heavy atom. The predicted octanol–water partition coefficient (Wildman–Crippen LogP) is 3.79. The number of amides is 1. The lowest BCUT2D eigenvalue weighted by Gasteiger charge is -2.36. The highest BCUT2D eigenvalue weighted by molar-refractivity contribution is 7.93. The molecule has 1 heterocycles. The first-order valence-corrected chi connectivity index (χ1v) is 10.5. The van der Waals surface area contributed by atoms with Crippen molar-refractivity contribution in [1.29, 1.82) is 0 Å². The molecule has 2 saturated carbocycles. The summed E-state index contributed by atoms with van der Waals surface area (Å²) >= 11 is 6.31. The number of halogens is 1. The molecular formula is C17H21ClN2O3S. The Hall–Kier alpha value is -1.27. The molecular weight excluding hydrogens is 348 g/mol. The predicted molar refractivity (Wildman–Crippen MR) is 95.0 cm³/mol. The largest absolute Gasteiger partial charge is 0.324 e. The summed E-state index contributed by atoms with van der Waals surface area (Å²) in [6.45, 7) is 0. The van der Waals surface area contributed by atoms with Crippen molar-refractivity contribution < 1.29 is 13.2 Å². The molecule has 1 amide bonds. The average Bonchev–Trinajstić information content (AvgIpc) is 2.80. The summed E-state index contributed by atoms with van der Waals surface area (Å²) in [7, 11) is -3.42. The highest BCUT2D eigenvalue weighted by atomic mass is 35.5. The average molecular weight is 369 g/mol. The zero-order valence-corrected chi connectivity index (χ0v) is 15.0. The monoisotopic (exact) mass is 368 g/mol. The molecule has 1 aromatic carbocycles. The Kier molecular flexibility index (Phi) is 3.80. The summed E-state index contributed by atoms with van der Waals surface area (Å²) in [5, 5.41) is 2.92. The molecule has 0 bridgehead atoms. The first-order valence-electron chi connectivity index (χ1n) is 8.59. The molecule has 3 aliphatic rings. The van der Waals surface area contributed by atoms with Crippen LogP contribution in [-0.4, -0.2) is 19.6 Å². The third-order valence-electron chi connectivity index (χ3n) is 5.74. The van der Waals surface area contributed by atoms with Crippen molar-refractivity contribution in [2.24, 2.45) is 0 Å². The van der Waals surface area contributed by atoms with E-state index in [0.717, 1.165) is 44.1 Å². The molecule has 7 heteroatoms. The first kappa shape index (κ1) is 16.2. The number of anilines is 2. The van der Waals surface area contributed by atoms with E-state index in [-0.39, 0.29) is 11.2 Å². The van der Waals surface area contributed by atoms with Crippen molar-refractivity contribution >= 4 is 38.9 Å². The Labute approximate surface area is 147 Å². The molecule has 24 heavy (non-hydrogen) atoms. The first-order chi connectivity index (χ1) is 11.4. The van der Waals surface area contributed by atoms with Crippen LogP contribution in [0.25, 0.3) is 0 Å². The molecule has 1 spiro atoms. The van der Waals surface area contributed by atoms with Gasteiger partial charge in [-0.15, -0.1) is 0 Å². The quantitative estimate of drug-likeness (QED) is 0.852. The Bertz CT molecular complexity index is 796. The van der Waals surface area contributed by atoms with Gasteiger partial charge in [-0.05, 0) is 43.4 Å². The molecule has 2 aliphatic carbocycles. The zero-order valence-electron chi connectivity index (χ0n) is 13.4. The summed E-state index contributed by atoms with van der Waals surface area (Å²) in [6, 6.07) is 3.39. The maximum Gasteiger partial charge on any atom is 0.235 e. The van der Waals surface area contributed by atoms with Gasteiger partial charge in [0.15, 0.2) is 0 Å². The van der Waals surface area contributed by atoms with Crippen LogP contribution in [0.5, 0.6) is 0 Å². The molecule has 1 aliphatic heterocycles. The van der Waals surface area contributed by atoms with Crippen LogP contribution in [0, 0.1) is 0 Å². The number of carbonyl (C=O) groups is 1. The van der Waals surface area contributed by atoms with E-state index in [0.29, 0.717) is 29.2 Å². The fourth-order valence-electron chi connectivity index (χ4n) is 4.18. The molecule has 4 rings (SSSR count). The summed E-state index contributed by atoms with van der Waals surface area (Å²) in [5.41, 5.74) is 1.44. The molecule has 130 valence electrons. The van der Waals surface area contributed by atoms with Crippen LogP contribution < -0.4 is 10.0 Å². The number of hydrogen-bond donors (Lipinski definition) is 2. The van der Waals surface area contributed by atoms with Gasteiger partial charge in [0.05, 0.1) is 27.1 Å². The third-order valence-corrected chi connectivity index (χ3v) is 7.90. The van der Waals surface area contributed by atoms with Crippen LogP contribution >= 0.6 is 11.6 Å². The second kappa shape index (κ2) is 5.63. The van der Waals surface area contributed by atoms with Crippen LogP contribution in [0.1, 0.15) is 56.9 Å². The minimum atomic E-state index is -3.42. The van der Waals surface area contributed by atoms with Gasteiger partial charge in [0.2, 0.25) is 15.9 Å². The van der Waals surface area contributed by atoms with Gasteiger partial charge in [0.1, 0.15) is 0 Å². The normalized spacial score (nSPS) is 22.8. The van der Waals surface area contributed by atoms with E-state index in [4.69, 9.17) is 11.6 Å². The van der Waals surface area contributed by atoms with Crippen molar-refractivity contribution in [2.45, 2.75) is 62.0 Å². The van der Waals surface area contributed by atoms with Crippen LogP contribution in [-0.2, 0) is 20.2 Å². The SMILES string of the molecule is O=C1Nc2c(Cl)cc(NS(=O)(=O)C3CCCCC3)cc2C12CCC2. The van der Waals surface area contributed by atoms with E-state index >= 15 is 0 Å². The van der Waals surface area contributed by atoms with Gasteiger partial charge >= 0.3 is 0 Å². The number of fused-ring (bicyclic) bond motifs is 2. The summed E-state index contributed by atoms with van der Waals surface area (Å²) in [4.78, 5) is 12.3. The van der Waals surface area contributed by atoms with Gasteiger partial charge in [0, 0.05) is 0 Å². The van der Waals surface area contributed by atoms with E-state index in [1.165, 1.54) is 0 Å². The minimum absolute atomic E-state index is 0.0158. The molecule has 0 aromatic heterocycles. The van der Waals surface area contributed by atoms with Crippen molar-refractivity contribution in [1.82, 2.24) is 0 Å². The zero-order chi connectivity index (χ0) is 16.9. The number of rotatable bonds is 3. The molecule has 0 saturated heterocycles. The van der Waals surface area contributed by atoms with Gasteiger partial charge in [-0.25, -0.2) is 8.42 Å². The number of carbonyl (C=O) groups excluding carboxylic acids is 1. The summed E-state index contributed by atoms with van der Waals surface area (Å²) in [6.07, 6.45) is 7.02. The van der Waals surface area contributed by atoms with Gasteiger partial charge < -0.3 is 5.32 Å². The van der Waals surface area contributed by atoms with Gasteiger partial charge in [0.25, 0.3) is 0 Å². The van der Waals surface area contributed by atoms with Crippen LogP contribution in [0.3, 0.4) is 0 Å². The number of sulfonamides is 1. The Balaban J connectivity index is 1.66. The van der Waals surface area contributed by atoms with Gasteiger partial charge in [-0.1, -0.05) is 37.3 Å². The van der Waals surface area contributed by atoms with E-state index in [1.807, 2.05) is 0 Å².